The van der Waals surface area contributed by atoms with Crippen molar-refractivity contribution in [1.29, 1.82) is 0 Å². The summed E-state index contributed by atoms with van der Waals surface area (Å²) < 4.78 is 0. The summed E-state index contributed by atoms with van der Waals surface area (Å²) in [7, 11) is 0. The molecule has 0 aliphatic rings. The van der Waals surface area contributed by atoms with Crippen LogP contribution in [0.25, 0.3) is 0 Å². The number of rotatable bonds is 11. The third-order valence-electron chi connectivity index (χ3n) is 5.87. The normalized spacial score (nSPS) is 11.4. The standard InChI is InChI=1S/C27H40O2/c1-6-11-19-15-23(16-20(12-7-2)26(19)28)25(10-5)24-17-21(13-8-3)27(29)22(18-24)14-9-4/h15-18,25,28-29H,6-14H2,1-5H3. The van der Waals surface area contributed by atoms with Gasteiger partial charge >= 0.3 is 0 Å². The number of phenolic OH excluding ortho intramolecular Hbond substituents is 2. The molecule has 0 atom stereocenters. The fraction of sp³-hybridized carbons (Fsp3) is 0.556. The van der Waals surface area contributed by atoms with Gasteiger partial charge in [0.2, 0.25) is 0 Å². The molecule has 0 heterocycles. The van der Waals surface area contributed by atoms with E-state index in [0.29, 0.717) is 11.5 Å². The predicted octanol–water partition coefficient (Wildman–Crippen LogP) is 7.45. The van der Waals surface area contributed by atoms with Crippen LogP contribution in [0.5, 0.6) is 11.5 Å². The minimum absolute atomic E-state index is 0.286. The van der Waals surface area contributed by atoms with Gasteiger partial charge in [0.15, 0.2) is 0 Å². The van der Waals surface area contributed by atoms with Crippen molar-refractivity contribution in [2.24, 2.45) is 0 Å². The Morgan fingerprint density at radius 2 is 0.828 bits per heavy atom. The molecular formula is C27H40O2. The summed E-state index contributed by atoms with van der Waals surface area (Å²) in [6.45, 7) is 10.9. The van der Waals surface area contributed by atoms with Crippen LogP contribution in [-0.2, 0) is 25.7 Å². The van der Waals surface area contributed by atoms with Gasteiger partial charge in [-0.15, -0.1) is 0 Å². The van der Waals surface area contributed by atoms with Gasteiger partial charge in [-0.05, 0) is 65.5 Å². The number of hydrogen-bond acceptors (Lipinski definition) is 2. The minimum atomic E-state index is 0.286. The Hall–Kier alpha value is -1.96. The summed E-state index contributed by atoms with van der Waals surface area (Å²) in [6.07, 6.45) is 8.74. The first-order valence-electron chi connectivity index (χ1n) is 11.7. The van der Waals surface area contributed by atoms with Crippen LogP contribution in [0.3, 0.4) is 0 Å². The molecule has 2 aromatic rings. The molecule has 2 nitrogen and oxygen atoms in total. The fourth-order valence-corrected chi connectivity index (χ4v) is 4.48. The maximum atomic E-state index is 10.7. The van der Waals surface area contributed by atoms with E-state index in [1.54, 1.807) is 0 Å². The Balaban J connectivity index is 2.60. The van der Waals surface area contributed by atoms with Gasteiger partial charge in [0.05, 0.1) is 0 Å². The zero-order chi connectivity index (χ0) is 21.4. The van der Waals surface area contributed by atoms with Gasteiger partial charge in [-0.2, -0.15) is 0 Å². The highest BCUT2D eigenvalue weighted by Gasteiger charge is 2.19. The second kappa shape index (κ2) is 11.3. The van der Waals surface area contributed by atoms with Gasteiger partial charge in [0, 0.05) is 5.92 Å². The zero-order valence-corrected chi connectivity index (χ0v) is 19.1. The molecule has 0 amide bonds. The van der Waals surface area contributed by atoms with E-state index < -0.39 is 0 Å². The van der Waals surface area contributed by atoms with E-state index in [9.17, 15) is 10.2 Å². The van der Waals surface area contributed by atoms with Gasteiger partial charge in [0.1, 0.15) is 11.5 Å². The van der Waals surface area contributed by atoms with Gasteiger partial charge in [0.25, 0.3) is 0 Å². The number of aromatic hydroxyl groups is 2. The largest absolute Gasteiger partial charge is 0.507 e. The third kappa shape index (κ3) is 5.56. The van der Waals surface area contributed by atoms with Crippen LogP contribution in [0.15, 0.2) is 24.3 Å². The summed E-state index contributed by atoms with van der Waals surface area (Å²) in [5.41, 5.74) is 6.91. The Kier molecular flexibility index (Phi) is 9.07. The maximum absolute atomic E-state index is 10.7. The highest BCUT2D eigenvalue weighted by Crippen LogP contribution is 2.37. The molecule has 0 aliphatic carbocycles. The van der Waals surface area contributed by atoms with E-state index in [1.807, 2.05) is 0 Å². The lowest BCUT2D eigenvalue weighted by atomic mass is 9.83. The number of phenols is 2. The van der Waals surface area contributed by atoms with Gasteiger partial charge in [-0.3, -0.25) is 0 Å². The second-order valence-electron chi connectivity index (χ2n) is 8.34. The Morgan fingerprint density at radius 3 is 1.03 bits per heavy atom. The van der Waals surface area contributed by atoms with Crippen LogP contribution in [-0.4, -0.2) is 10.2 Å². The molecule has 0 aliphatic heterocycles. The zero-order valence-electron chi connectivity index (χ0n) is 19.1. The molecule has 0 aromatic heterocycles. The molecule has 2 heteroatoms. The molecule has 29 heavy (non-hydrogen) atoms. The van der Waals surface area contributed by atoms with Crippen molar-refractivity contribution in [2.45, 2.75) is 98.3 Å². The van der Waals surface area contributed by atoms with E-state index in [2.05, 4.69) is 58.9 Å². The van der Waals surface area contributed by atoms with Crippen LogP contribution in [0.2, 0.25) is 0 Å². The molecule has 2 aromatic carbocycles. The number of hydrogen-bond donors (Lipinski definition) is 2. The predicted molar refractivity (Wildman–Crippen MR) is 124 cm³/mol. The van der Waals surface area contributed by atoms with Crippen molar-refractivity contribution in [3.63, 3.8) is 0 Å². The maximum Gasteiger partial charge on any atom is 0.121 e. The van der Waals surface area contributed by atoms with Gasteiger partial charge in [-0.25, -0.2) is 0 Å². The van der Waals surface area contributed by atoms with Crippen LogP contribution >= 0.6 is 0 Å². The molecule has 2 rings (SSSR count). The Bertz CT molecular complexity index is 672. The summed E-state index contributed by atoms with van der Waals surface area (Å²) in [4.78, 5) is 0. The van der Waals surface area contributed by atoms with Gasteiger partial charge < -0.3 is 10.2 Å². The first-order valence-corrected chi connectivity index (χ1v) is 11.7. The molecule has 0 fully saturated rings. The first-order chi connectivity index (χ1) is 14.0. The van der Waals surface area contributed by atoms with E-state index in [4.69, 9.17) is 0 Å². The lowest BCUT2D eigenvalue weighted by molar-refractivity contribution is 0.459. The number of aryl methyl sites for hydroxylation is 4. The first kappa shape index (κ1) is 23.3. The van der Waals surface area contributed by atoms with E-state index in [0.717, 1.165) is 80.0 Å². The van der Waals surface area contributed by atoms with E-state index in [1.165, 1.54) is 11.1 Å². The van der Waals surface area contributed by atoms with E-state index in [-0.39, 0.29) is 5.92 Å². The lowest BCUT2D eigenvalue weighted by Gasteiger charge is -2.22. The molecule has 0 saturated heterocycles. The van der Waals surface area contributed by atoms with Crippen molar-refractivity contribution >= 4 is 0 Å². The SMILES string of the molecule is CCCc1cc(C(CC)c2cc(CCC)c(O)c(CCC)c2)cc(CCC)c1O. The van der Waals surface area contributed by atoms with Crippen LogP contribution in [0.1, 0.15) is 106 Å². The second-order valence-corrected chi connectivity index (χ2v) is 8.34. The summed E-state index contributed by atoms with van der Waals surface area (Å²) in [6, 6.07) is 8.88. The fourth-order valence-electron chi connectivity index (χ4n) is 4.48. The summed E-state index contributed by atoms with van der Waals surface area (Å²) in [5, 5.41) is 21.5. The highest BCUT2D eigenvalue weighted by molar-refractivity contribution is 5.50. The minimum Gasteiger partial charge on any atom is -0.507 e. The van der Waals surface area contributed by atoms with Crippen molar-refractivity contribution in [3.8, 4) is 11.5 Å². The van der Waals surface area contributed by atoms with Crippen LogP contribution in [0, 0.1) is 0 Å². The molecule has 0 unspecified atom stereocenters. The lowest BCUT2D eigenvalue weighted by Crippen LogP contribution is -2.05. The monoisotopic (exact) mass is 396 g/mol. The van der Waals surface area contributed by atoms with E-state index >= 15 is 0 Å². The number of benzene rings is 2. The van der Waals surface area contributed by atoms with Crippen molar-refractivity contribution in [2.75, 3.05) is 0 Å². The molecule has 0 spiro atoms. The van der Waals surface area contributed by atoms with Gasteiger partial charge in [-0.1, -0.05) is 84.6 Å². The topological polar surface area (TPSA) is 40.5 Å². The highest BCUT2D eigenvalue weighted by atomic mass is 16.3. The molecule has 0 saturated carbocycles. The molecule has 0 radical (unpaired) electrons. The van der Waals surface area contributed by atoms with Crippen LogP contribution < -0.4 is 0 Å². The smallest absolute Gasteiger partial charge is 0.121 e. The molecular weight excluding hydrogens is 356 g/mol. The summed E-state index contributed by atoms with van der Waals surface area (Å²) in [5.74, 6) is 1.28. The molecule has 0 bridgehead atoms. The summed E-state index contributed by atoms with van der Waals surface area (Å²) >= 11 is 0. The Morgan fingerprint density at radius 1 is 0.552 bits per heavy atom. The van der Waals surface area contributed by atoms with Crippen molar-refractivity contribution in [3.05, 3.63) is 57.6 Å². The molecule has 160 valence electrons. The average molecular weight is 397 g/mol. The molecule has 2 N–H and O–H groups in total. The third-order valence-corrected chi connectivity index (χ3v) is 5.87. The van der Waals surface area contributed by atoms with Crippen molar-refractivity contribution < 1.29 is 10.2 Å². The van der Waals surface area contributed by atoms with Crippen molar-refractivity contribution in [1.82, 2.24) is 0 Å². The quantitative estimate of drug-likeness (QED) is 0.414. The Labute approximate surface area is 178 Å². The van der Waals surface area contributed by atoms with Crippen LogP contribution in [0.4, 0.5) is 0 Å². The average Bonchev–Trinajstić information content (AvgIpc) is 2.70.